The summed E-state index contributed by atoms with van der Waals surface area (Å²) in [6, 6.07) is 32.1. The summed E-state index contributed by atoms with van der Waals surface area (Å²) in [5.74, 6) is -0.371. The SMILES string of the molecule is O=C(c1ccc(-c2ccccc2)cc1)N1CCc2ccccc2C1c1ccccc1F. The lowest BCUT2D eigenvalue weighted by Crippen LogP contribution is -2.41. The summed E-state index contributed by atoms with van der Waals surface area (Å²) in [5, 5.41) is 0. The normalized spacial score (nSPS) is 15.4. The van der Waals surface area contributed by atoms with E-state index >= 15 is 0 Å². The van der Waals surface area contributed by atoms with Crippen LogP contribution < -0.4 is 0 Å². The van der Waals surface area contributed by atoms with E-state index in [2.05, 4.69) is 6.07 Å². The summed E-state index contributed by atoms with van der Waals surface area (Å²) in [4.78, 5) is 15.4. The number of hydrogen-bond donors (Lipinski definition) is 0. The molecule has 0 aliphatic carbocycles. The minimum atomic E-state index is -0.438. The Labute approximate surface area is 181 Å². The molecule has 1 aliphatic rings. The zero-order valence-electron chi connectivity index (χ0n) is 17.0. The Morgan fingerprint density at radius 1 is 0.710 bits per heavy atom. The highest BCUT2D eigenvalue weighted by molar-refractivity contribution is 5.95. The molecule has 1 aliphatic heterocycles. The zero-order chi connectivity index (χ0) is 21.2. The largest absolute Gasteiger partial charge is 0.327 e. The molecule has 5 rings (SSSR count). The van der Waals surface area contributed by atoms with E-state index < -0.39 is 6.04 Å². The van der Waals surface area contributed by atoms with E-state index in [4.69, 9.17) is 0 Å². The van der Waals surface area contributed by atoms with Crippen LogP contribution in [0.2, 0.25) is 0 Å². The van der Waals surface area contributed by atoms with Crippen molar-refractivity contribution in [1.29, 1.82) is 0 Å². The molecule has 0 N–H and O–H groups in total. The first-order valence-electron chi connectivity index (χ1n) is 10.5. The van der Waals surface area contributed by atoms with E-state index in [0.29, 0.717) is 17.7 Å². The number of fused-ring (bicyclic) bond motifs is 1. The molecule has 2 nitrogen and oxygen atoms in total. The van der Waals surface area contributed by atoms with Gasteiger partial charge in [0.25, 0.3) is 5.91 Å². The fourth-order valence-electron chi connectivity index (χ4n) is 4.42. The maximum atomic E-state index is 14.8. The van der Waals surface area contributed by atoms with Crippen molar-refractivity contribution >= 4 is 5.91 Å². The summed E-state index contributed by atoms with van der Waals surface area (Å²) in [5.41, 5.74) is 5.47. The van der Waals surface area contributed by atoms with Gasteiger partial charge in [0, 0.05) is 17.7 Å². The molecular formula is C28H22FNO. The third-order valence-corrected chi connectivity index (χ3v) is 5.98. The van der Waals surface area contributed by atoms with Gasteiger partial charge in [-0.15, -0.1) is 0 Å². The van der Waals surface area contributed by atoms with Gasteiger partial charge in [-0.05, 0) is 46.9 Å². The molecule has 4 aromatic carbocycles. The number of halogens is 1. The Morgan fingerprint density at radius 2 is 1.32 bits per heavy atom. The number of benzene rings is 4. The van der Waals surface area contributed by atoms with Gasteiger partial charge in [-0.25, -0.2) is 4.39 Å². The van der Waals surface area contributed by atoms with Gasteiger partial charge in [0.2, 0.25) is 0 Å². The molecule has 0 saturated carbocycles. The molecule has 0 aromatic heterocycles. The zero-order valence-corrected chi connectivity index (χ0v) is 17.0. The smallest absolute Gasteiger partial charge is 0.254 e. The lowest BCUT2D eigenvalue weighted by molar-refractivity contribution is 0.0692. The van der Waals surface area contributed by atoms with Gasteiger partial charge in [0.05, 0.1) is 6.04 Å². The number of carbonyl (C=O) groups is 1. The highest BCUT2D eigenvalue weighted by Gasteiger charge is 2.33. The average molecular weight is 407 g/mol. The van der Waals surface area contributed by atoms with Crippen molar-refractivity contribution in [3.05, 3.63) is 131 Å². The third-order valence-electron chi connectivity index (χ3n) is 5.98. The van der Waals surface area contributed by atoms with Gasteiger partial charge >= 0.3 is 0 Å². The summed E-state index contributed by atoms with van der Waals surface area (Å²) in [6.07, 6.45) is 0.759. The van der Waals surface area contributed by atoms with Gasteiger partial charge in [-0.2, -0.15) is 0 Å². The molecule has 0 fully saturated rings. The van der Waals surface area contributed by atoms with Crippen LogP contribution in [0.4, 0.5) is 4.39 Å². The predicted octanol–water partition coefficient (Wildman–Crippen LogP) is 6.28. The van der Waals surface area contributed by atoms with E-state index in [0.717, 1.165) is 23.1 Å². The first kappa shape index (κ1) is 19.3. The monoisotopic (exact) mass is 407 g/mol. The van der Waals surface area contributed by atoms with Crippen LogP contribution in [0.25, 0.3) is 11.1 Å². The summed E-state index contributed by atoms with van der Waals surface area (Å²) in [6.45, 7) is 0.551. The average Bonchev–Trinajstić information content (AvgIpc) is 2.84. The Morgan fingerprint density at radius 3 is 2.06 bits per heavy atom. The standard InChI is InChI=1S/C28H22FNO/c29-26-13-7-6-12-25(26)27-24-11-5-4-10-22(24)18-19-30(27)28(31)23-16-14-21(15-17-23)20-8-2-1-3-9-20/h1-17,27H,18-19H2. The molecule has 0 spiro atoms. The second kappa shape index (κ2) is 8.19. The topological polar surface area (TPSA) is 20.3 Å². The van der Waals surface area contributed by atoms with Crippen molar-refractivity contribution in [2.24, 2.45) is 0 Å². The lowest BCUT2D eigenvalue weighted by atomic mass is 9.87. The molecule has 0 bridgehead atoms. The predicted molar refractivity (Wildman–Crippen MR) is 121 cm³/mol. The fourth-order valence-corrected chi connectivity index (χ4v) is 4.42. The highest BCUT2D eigenvalue weighted by atomic mass is 19.1. The molecule has 1 heterocycles. The maximum Gasteiger partial charge on any atom is 0.254 e. The van der Waals surface area contributed by atoms with E-state index in [9.17, 15) is 9.18 Å². The molecular weight excluding hydrogens is 385 g/mol. The van der Waals surface area contributed by atoms with Gasteiger partial charge in [0.15, 0.2) is 0 Å². The van der Waals surface area contributed by atoms with Crippen LogP contribution in [0.5, 0.6) is 0 Å². The summed E-state index contributed by atoms with van der Waals surface area (Å²) in [7, 11) is 0. The van der Waals surface area contributed by atoms with Crippen molar-refractivity contribution in [2.75, 3.05) is 6.54 Å². The van der Waals surface area contributed by atoms with E-state index in [-0.39, 0.29) is 11.7 Å². The molecule has 1 atom stereocenters. The Bertz CT molecular complexity index is 1220. The maximum absolute atomic E-state index is 14.8. The molecule has 1 amide bonds. The van der Waals surface area contributed by atoms with Gasteiger partial charge < -0.3 is 4.90 Å². The van der Waals surface area contributed by atoms with Crippen LogP contribution >= 0.6 is 0 Å². The van der Waals surface area contributed by atoms with Gasteiger partial charge in [0.1, 0.15) is 5.82 Å². The van der Waals surface area contributed by atoms with Crippen LogP contribution in [-0.2, 0) is 6.42 Å². The van der Waals surface area contributed by atoms with Crippen molar-refractivity contribution in [3.63, 3.8) is 0 Å². The Kier molecular flexibility index (Phi) is 5.09. The first-order chi connectivity index (χ1) is 15.2. The highest BCUT2D eigenvalue weighted by Crippen LogP contribution is 2.37. The number of rotatable bonds is 3. The summed E-state index contributed by atoms with van der Waals surface area (Å²) >= 11 is 0. The second-order valence-electron chi connectivity index (χ2n) is 7.81. The quantitative estimate of drug-likeness (QED) is 0.391. The molecule has 31 heavy (non-hydrogen) atoms. The number of carbonyl (C=O) groups excluding carboxylic acids is 1. The third kappa shape index (κ3) is 3.64. The van der Waals surface area contributed by atoms with Gasteiger partial charge in [-0.1, -0.05) is 84.9 Å². The molecule has 152 valence electrons. The van der Waals surface area contributed by atoms with Gasteiger partial charge in [-0.3, -0.25) is 4.79 Å². The second-order valence-corrected chi connectivity index (χ2v) is 7.81. The minimum Gasteiger partial charge on any atom is -0.327 e. The van der Waals surface area contributed by atoms with Crippen molar-refractivity contribution in [3.8, 4) is 11.1 Å². The minimum absolute atomic E-state index is 0.0811. The Balaban J connectivity index is 1.52. The van der Waals surface area contributed by atoms with Crippen LogP contribution in [0.3, 0.4) is 0 Å². The molecule has 1 unspecified atom stereocenters. The molecule has 0 radical (unpaired) electrons. The van der Waals surface area contributed by atoms with E-state index in [1.54, 1.807) is 17.0 Å². The Hall–Kier alpha value is -3.72. The van der Waals surface area contributed by atoms with E-state index in [1.165, 1.54) is 11.6 Å². The van der Waals surface area contributed by atoms with Crippen LogP contribution in [-0.4, -0.2) is 17.4 Å². The van der Waals surface area contributed by atoms with Crippen molar-refractivity contribution in [1.82, 2.24) is 4.90 Å². The van der Waals surface area contributed by atoms with Crippen LogP contribution in [0, 0.1) is 5.82 Å². The summed E-state index contributed by atoms with van der Waals surface area (Å²) < 4.78 is 14.8. The first-order valence-corrected chi connectivity index (χ1v) is 10.5. The number of nitrogens with zero attached hydrogens (tertiary/aromatic N) is 1. The molecule has 0 saturated heterocycles. The number of hydrogen-bond acceptors (Lipinski definition) is 1. The molecule has 4 aromatic rings. The van der Waals surface area contributed by atoms with Crippen LogP contribution in [0.1, 0.15) is 33.1 Å². The molecule has 3 heteroatoms. The van der Waals surface area contributed by atoms with Crippen molar-refractivity contribution < 1.29 is 9.18 Å². The lowest BCUT2D eigenvalue weighted by Gasteiger charge is -2.38. The fraction of sp³-hybridized carbons (Fsp3) is 0.107. The number of amides is 1. The van der Waals surface area contributed by atoms with E-state index in [1.807, 2.05) is 78.9 Å². The van der Waals surface area contributed by atoms with Crippen LogP contribution in [0.15, 0.2) is 103 Å². The van der Waals surface area contributed by atoms with Crippen molar-refractivity contribution in [2.45, 2.75) is 12.5 Å².